The van der Waals surface area contributed by atoms with Crippen molar-refractivity contribution in [2.75, 3.05) is 20.1 Å². The molecule has 0 aromatic rings. The van der Waals surface area contributed by atoms with E-state index in [0.29, 0.717) is 19.0 Å². The molecule has 80 valence electrons. The number of nitrogens with one attached hydrogen (secondary N) is 1. The van der Waals surface area contributed by atoms with Gasteiger partial charge < -0.3 is 10.4 Å². The van der Waals surface area contributed by atoms with Gasteiger partial charge in [0.1, 0.15) is 0 Å². The van der Waals surface area contributed by atoms with Crippen LogP contribution in [0, 0.1) is 0 Å². The highest BCUT2D eigenvalue weighted by Gasteiger charge is 2.30. The fourth-order valence-corrected chi connectivity index (χ4v) is 1.37. The lowest BCUT2D eigenvalue weighted by atomic mass is 10.3. The van der Waals surface area contributed by atoms with Gasteiger partial charge in [0, 0.05) is 26.1 Å². The van der Waals surface area contributed by atoms with Crippen LogP contribution in [0.15, 0.2) is 0 Å². The molecule has 0 saturated heterocycles. The van der Waals surface area contributed by atoms with E-state index in [1.807, 2.05) is 4.90 Å². The van der Waals surface area contributed by atoms with Crippen molar-refractivity contribution in [2.24, 2.45) is 0 Å². The molecule has 0 atom stereocenters. The first-order chi connectivity index (χ1) is 6.63. The molecule has 1 aliphatic rings. The summed E-state index contributed by atoms with van der Waals surface area (Å²) in [6.45, 7) is 0.582. The van der Waals surface area contributed by atoms with Gasteiger partial charge in [0.25, 0.3) is 0 Å². The van der Waals surface area contributed by atoms with Gasteiger partial charge in [-0.2, -0.15) is 0 Å². The summed E-state index contributed by atoms with van der Waals surface area (Å²) in [6, 6.07) is 0.385. The minimum Gasteiger partial charge on any atom is -0.480 e. The second-order valence-corrected chi connectivity index (χ2v) is 3.52. The number of carboxylic acid groups (broad SMARTS) is 1. The third-order valence-electron chi connectivity index (χ3n) is 2.31. The average molecular weight is 200 g/mol. The molecule has 1 rings (SSSR count). The Balaban J connectivity index is 2.28. The van der Waals surface area contributed by atoms with Crippen LogP contribution in [0.4, 0.5) is 0 Å². The summed E-state index contributed by atoms with van der Waals surface area (Å²) in [4.78, 5) is 23.3. The maximum absolute atomic E-state index is 11.0. The number of carbonyl (C=O) groups is 2. The molecule has 1 amide bonds. The van der Waals surface area contributed by atoms with Crippen molar-refractivity contribution in [1.82, 2.24) is 10.2 Å². The number of aliphatic carboxylic acids is 1. The van der Waals surface area contributed by atoms with Gasteiger partial charge in [-0.3, -0.25) is 14.5 Å². The van der Waals surface area contributed by atoms with Crippen LogP contribution in [-0.2, 0) is 9.59 Å². The number of hydrogen-bond donors (Lipinski definition) is 2. The van der Waals surface area contributed by atoms with Gasteiger partial charge in [0.15, 0.2) is 0 Å². The Morgan fingerprint density at radius 1 is 1.50 bits per heavy atom. The van der Waals surface area contributed by atoms with Crippen molar-refractivity contribution >= 4 is 11.9 Å². The Labute approximate surface area is 83.1 Å². The van der Waals surface area contributed by atoms with Crippen molar-refractivity contribution in [3.8, 4) is 0 Å². The minimum absolute atomic E-state index is 0.0407. The zero-order valence-corrected chi connectivity index (χ0v) is 8.32. The zero-order chi connectivity index (χ0) is 10.6. The molecule has 5 heteroatoms. The molecular formula is C9H16N2O3. The van der Waals surface area contributed by atoms with Crippen LogP contribution in [0.1, 0.15) is 19.3 Å². The van der Waals surface area contributed by atoms with E-state index in [1.165, 1.54) is 0 Å². The molecule has 5 nitrogen and oxygen atoms in total. The molecule has 0 aromatic heterocycles. The van der Waals surface area contributed by atoms with Gasteiger partial charge in [-0.05, 0) is 12.8 Å². The number of carbonyl (C=O) groups excluding carboxylic acids is 1. The summed E-state index contributed by atoms with van der Waals surface area (Å²) in [7, 11) is 1.58. The average Bonchev–Trinajstić information content (AvgIpc) is 2.94. The van der Waals surface area contributed by atoms with Gasteiger partial charge in [-0.1, -0.05) is 0 Å². The molecule has 2 N–H and O–H groups in total. The number of carboxylic acids is 1. The van der Waals surface area contributed by atoms with E-state index >= 15 is 0 Å². The lowest BCUT2D eigenvalue weighted by Gasteiger charge is -2.18. The van der Waals surface area contributed by atoms with Crippen LogP contribution in [0.2, 0.25) is 0 Å². The van der Waals surface area contributed by atoms with Crippen molar-refractivity contribution in [3.63, 3.8) is 0 Å². The molecule has 0 unspecified atom stereocenters. The fraction of sp³-hybridized carbons (Fsp3) is 0.778. The maximum atomic E-state index is 11.0. The molecule has 0 aromatic carbocycles. The lowest BCUT2D eigenvalue weighted by molar-refractivity contribution is -0.138. The molecule has 14 heavy (non-hydrogen) atoms. The summed E-state index contributed by atoms with van der Waals surface area (Å²) < 4.78 is 0. The van der Waals surface area contributed by atoms with E-state index < -0.39 is 5.97 Å². The van der Waals surface area contributed by atoms with Crippen LogP contribution < -0.4 is 5.32 Å². The van der Waals surface area contributed by atoms with Gasteiger partial charge in [-0.15, -0.1) is 0 Å². The number of amides is 1. The molecule has 0 bridgehead atoms. The summed E-state index contributed by atoms with van der Waals surface area (Å²) in [5, 5.41) is 11.2. The summed E-state index contributed by atoms with van der Waals surface area (Å²) >= 11 is 0. The quantitative estimate of drug-likeness (QED) is 0.616. The van der Waals surface area contributed by atoms with Gasteiger partial charge in [-0.25, -0.2) is 0 Å². The predicted molar refractivity (Wildman–Crippen MR) is 50.9 cm³/mol. The topological polar surface area (TPSA) is 69.6 Å². The van der Waals surface area contributed by atoms with Crippen molar-refractivity contribution < 1.29 is 14.7 Å². The third kappa shape index (κ3) is 3.74. The second-order valence-electron chi connectivity index (χ2n) is 3.52. The van der Waals surface area contributed by atoms with E-state index in [9.17, 15) is 9.59 Å². The highest BCUT2D eigenvalue weighted by atomic mass is 16.4. The third-order valence-corrected chi connectivity index (χ3v) is 2.31. The van der Waals surface area contributed by atoms with E-state index in [4.69, 9.17) is 5.11 Å². The number of hydrogen-bond acceptors (Lipinski definition) is 3. The first-order valence-electron chi connectivity index (χ1n) is 4.80. The summed E-state index contributed by atoms with van der Waals surface area (Å²) in [6.07, 6.45) is 2.49. The van der Waals surface area contributed by atoms with Crippen molar-refractivity contribution in [1.29, 1.82) is 0 Å². The Morgan fingerprint density at radius 2 is 2.14 bits per heavy atom. The Bertz CT molecular complexity index is 226. The van der Waals surface area contributed by atoms with Crippen LogP contribution in [0.3, 0.4) is 0 Å². The highest BCUT2D eigenvalue weighted by Crippen LogP contribution is 2.26. The lowest BCUT2D eigenvalue weighted by Crippen LogP contribution is -2.35. The largest absolute Gasteiger partial charge is 0.480 e. The normalized spacial score (nSPS) is 15.6. The first kappa shape index (κ1) is 11.0. The molecule has 1 aliphatic carbocycles. The molecule has 0 spiro atoms. The Hall–Kier alpha value is -1.10. The van der Waals surface area contributed by atoms with E-state index in [1.54, 1.807) is 7.05 Å². The highest BCUT2D eigenvalue weighted by molar-refractivity contribution is 5.75. The van der Waals surface area contributed by atoms with E-state index in [2.05, 4.69) is 5.32 Å². The number of nitrogens with zero attached hydrogens (tertiary/aromatic N) is 1. The smallest absolute Gasteiger partial charge is 0.317 e. The Kier molecular flexibility index (Phi) is 3.88. The van der Waals surface area contributed by atoms with E-state index in [-0.39, 0.29) is 12.5 Å². The van der Waals surface area contributed by atoms with Crippen LogP contribution in [0.5, 0.6) is 0 Å². The van der Waals surface area contributed by atoms with Crippen LogP contribution in [-0.4, -0.2) is 48.1 Å². The van der Waals surface area contributed by atoms with Crippen molar-refractivity contribution in [2.45, 2.75) is 25.3 Å². The molecule has 0 aliphatic heterocycles. The van der Waals surface area contributed by atoms with Gasteiger partial charge in [0.05, 0.1) is 6.54 Å². The van der Waals surface area contributed by atoms with Crippen LogP contribution >= 0.6 is 0 Å². The standard InChI is InChI=1S/C9H16N2O3/c1-10-8(12)4-5-11(6-9(13)14)7-2-3-7/h7H,2-6H2,1H3,(H,10,12)(H,13,14). The maximum Gasteiger partial charge on any atom is 0.317 e. The zero-order valence-electron chi connectivity index (χ0n) is 8.32. The molecule has 0 heterocycles. The second kappa shape index (κ2) is 4.95. The van der Waals surface area contributed by atoms with Crippen LogP contribution in [0.25, 0.3) is 0 Å². The summed E-state index contributed by atoms with van der Waals surface area (Å²) in [5.74, 6) is -0.866. The number of rotatable bonds is 6. The van der Waals surface area contributed by atoms with E-state index in [0.717, 1.165) is 12.8 Å². The van der Waals surface area contributed by atoms with Crippen molar-refractivity contribution in [3.05, 3.63) is 0 Å². The SMILES string of the molecule is CNC(=O)CCN(CC(=O)O)C1CC1. The fourth-order valence-electron chi connectivity index (χ4n) is 1.37. The molecular weight excluding hydrogens is 184 g/mol. The first-order valence-corrected chi connectivity index (χ1v) is 4.80. The predicted octanol–water partition coefficient (Wildman–Crippen LogP) is -0.328. The molecule has 1 saturated carbocycles. The monoisotopic (exact) mass is 200 g/mol. The summed E-state index contributed by atoms with van der Waals surface area (Å²) in [5.41, 5.74) is 0. The Morgan fingerprint density at radius 3 is 2.57 bits per heavy atom. The van der Waals surface area contributed by atoms with Gasteiger partial charge in [0.2, 0.25) is 5.91 Å². The minimum atomic E-state index is -0.825. The molecule has 0 radical (unpaired) electrons. The molecule has 1 fully saturated rings. The van der Waals surface area contributed by atoms with Gasteiger partial charge >= 0.3 is 5.97 Å².